The third kappa shape index (κ3) is 14.1. The first-order valence-corrected chi connectivity index (χ1v) is 24.8. The largest absolute Gasteiger partial charge is 0.398 e. The van der Waals surface area contributed by atoms with E-state index in [0.717, 1.165) is 73.0 Å². The summed E-state index contributed by atoms with van der Waals surface area (Å²) in [7, 11) is 0. The van der Waals surface area contributed by atoms with Crippen molar-refractivity contribution in [3.8, 4) is 10.4 Å². The number of benzene rings is 4. The number of thiophene rings is 1. The van der Waals surface area contributed by atoms with Crippen LogP contribution in [0.15, 0.2) is 138 Å². The van der Waals surface area contributed by atoms with E-state index >= 15 is 0 Å². The van der Waals surface area contributed by atoms with Crippen molar-refractivity contribution in [2.24, 2.45) is 10.7 Å². The van der Waals surface area contributed by atoms with Crippen LogP contribution in [0, 0.1) is 13.8 Å². The van der Waals surface area contributed by atoms with Crippen LogP contribution in [0.1, 0.15) is 46.3 Å². The van der Waals surface area contributed by atoms with Crippen molar-refractivity contribution < 1.29 is 33.3 Å². The van der Waals surface area contributed by atoms with Crippen molar-refractivity contribution in [2.75, 3.05) is 72.5 Å². The molecule has 1 atom stereocenters. The Balaban J connectivity index is 0.740. The minimum Gasteiger partial charge on any atom is -0.398 e. The van der Waals surface area contributed by atoms with Crippen LogP contribution >= 0.6 is 11.3 Å². The Bertz CT molecular complexity index is 2800. The molecule has 4 aromatic carbocycles. The second kappa shape index (κ2) is 26.5. The molecule has 6 aromatic rings. The highest BCUT2D eigenvalue weighted by Gasteiger charge is 2.31. The van der Waals surface area contributed by atoms with E-state index in [4.69, 9.17) is 24.7 Å². The summed E-state index contributed by atoms with van der Waals surface area (Å²) >= 11 is 1.67. The summed E-state index contributed by atoms with van der Waals surface area (Å²) < 4.78 is 24.5. The Morgan fingerprint density at radius 1 is 0.757 bits per heavy atom. The van der Waals surface area contributed by atoms with Crippen LogP contribution < -0.4 is 16.4 Å². The van der Waals surface area contributed by atoms with E-state index in [-0.39, 0.29) is 17.7 Å². The summed E-state index contributed by atoms with van der Waals surface area (Å²) in [5.74, 6) is -0.606. The lowest BCUT2D eigenvalue weighted by atomic mass is 10.0. The van der Waals surface area contributed by atoms with E-state index in [2.05, 4.69) is 57.9 Å². The summed E-state index contributed by atoms with van der Waals surface area (Å²) in [6.45, 7) is 13.4. The van der Waals surface area contributed by atoms with Crippen LogP contribution in [0.5, 0.6) is 0 Å². The fourth-order valence-corrected chi connectivity index (χ4v) is 8.99. The molecule has 2 aromatic heterocycles. The molecular formula is C56H64N6O7S. The number of ether oxygens (including phenoxy) is 4. The third-order valence-electron chi connectivity index (χ3n) is 12.2. The maximum absolute atomic E-state index is 13.6. The maximum atomic E-state index is 13.6. The van der Waals surface area contributed by atoms with E-state index in [0.29, 0.717) is 96.7 Å². The first-order chi connectivity index (χ1) is 34.2. The molecule has 1 aliphatic heterocycles. The Kier molecular flexibility index (Phi) is 19.4. The van der Waals surface area contributed by atoms with Crippen LogP contribution in [0.4, 0.5) is 5.69 Å². The SMILES string of the molecule is C=CC(=O)n1c2ccc(CNCCOCCOCCOCCOCCNC(=O)C3CCCCN3C(=O)/C=C/C(C=Nc3ccccc3)=C(/N)c3ccc(C)c(C)c3)cc2c2ccc(-c3cccs3)cc21. The molecule has 0 spiro atoms. The normalized spacial score (nSPS) is 14.5. The number of fused-ring (bicyclic) bond motifs is 3. The lowest BCUT2D eigenvalue weighted by Crippen LogP contribution is -2.52. The van der Waals surface area contributed by atoms with Gasteiger partial charge in [-0.2, -0.15) is 0 Å². The zero-order valence-corrected chi connectivity index (χ0v) is 41.0. The minimum absolute atomic E-state index is 0.153. The lowest BCUT2D eigenvalue weighted by Gasteiger charge is -2.34. The van der Waals surface area contributed by atoms with Gasteiger partial charge in [0.2, 0.25) is 11.8 Å². The molecule has 0 saturated carbocycles. The van der Waals surface area contributed by atoms with Crippen molar-refractivity contribution in [2.45, 2.75) is 45.7 Å². The first kappa shape index (κ1) is 51.3. The van der Waals surface area contributed by atoms with Crippen LogP contribution in [-0.2, 0) is 35.1 Å². The standard InChI is InChI=1S/C56H64N6O7S/c1-4-53(63)62-49-21-16-42(36-48(49)47-20-18-43(37-51(47)62)52-14-10-34-70-52)38-58-23-26-66-28-30-68-32-33-69-31-29-67-27-24-59-56(65)50-13-8-9-25-61(50)54(64)22-19-45(39-60-46-11-6-5-7-12-46)55(57)44-17-15-40(2)41(3)35-44/h4-7,10-12,14-22,34-37,39,50,58H,1,8-9,13,23-33,38,57H2,2-3H3,(H,59,65)/b22-19+,55-45-,60-39?. The summed E-state index contributed by atoms with van der Waals surface area (Å²) in [4.78, 5) is 47.3. The van der Waals surface area contributed by atoms with Gasteiger partial charge in [0.05, 0.1) is 69.6 Å². The molecule has 4 N–H and O–H groups in total. The average molecular weight is 965 g/mol. The monoisotopic (exact) mass is 964 g/mol. The molecule has 13 nitrogen and oxygen atoms in total. The smallest absolute Gasteiger partial charge is 0.254 e. The van der Waals surface area contributed by atoms with Crippen LogP contribution in [0.25, 0.3) is 37.9 Å². The minimum atomic E-state index is -0.573. The highest BCUT2D eigenvalue weighted by molar-refractivity contribution is 7.13. The molecule has 70 heavy (non-hydrogen) atoms. The predicted molar refractivity (Wildman–Crippen MR) is 282 cm³/mol. The molecule has 3 heterocycles. The number of carbonyl (C=O) groups is 3. The van der Waals surface area contributed by atoms with Crippen molar-refractivity contribution in [1.82, 2.24) is 20.1 Å². The summed E-state index contributed by atoms with van der Waals surface area (Å²) in [5, 5.41) is 10.5. The predicted octanol–water partition coefficient (Wildman–Crippen LogP) is 8.95. The number of para-hydroxylation sites is 1. The summed E-state index contributed by atoms with van der Waals surface area (Å²) in [5.41, 5.74) is 15.6. The van der Waals surface area contributed by atoms with E-state index in [1.165, 1.54) is 12.2 Å². The fourth-order valence-electron chi connectivity index (χ4n) is 8.27. The highest BCUT2D eigenvalue weighted by atomic mass is 32.1. The molecule has 0 radical (unpaired) electrons. The first-order valence-electron chi connectivity index (χ1n) is 23.9. The average Bonchev–Trinajstić information content (AvgIpc) is 4.05. The zero-order chi connectivity index (χ0) is 49.1. The number of amides is 2. The summed E-state index contributed by atoms with van der Waals surface area (Å²) in [6, 6.07) is 31.6. The van der Waals surface area contributed by atoms with E-state index < -0.39 is 6.04 Å². The van der Waals surface area contributed by atoms with E-state index in [9.17, 15) is 14.4 Å². The molecule has 2 amide bonds. The number of aryl methyl sites for hydroxylation is 2. The highest BCUT2D eigenvalue weighted by Crippen LogP contribution is 2.34. The van der Waals surface area contributed by atoms with Gasteiger partial charge in [0, 0.05) is 65.4 Å². The van der Waals surface area contributed by atoms with E-state index in [1.54, 1.807) is 33.1 Å². The van der Waals surface area contributed by atoms with Gasteiger partial charge in [0.1, 0.15) is 6.04 Å². The second-order valence-electron chi connectivity index (χ2n) is 17.0. The van der Waals surface area contributed by atoms with Gasteiger partial charge in [-0.3, -0.25) is 23.9 Å². The maximum Gasteiger partial charge on any atom is 0.254 e. The number of carbonyl (C=O) groups excluding carboxylic acids is 3. The topological polar surface area (TPSA) is 159 Å². The number of piperidine rings is 1. The van der Waals surface area contributed by atoms with Gasteiger partial charge < -0.3 is 40.2 Å². The fraction of sp³-hybridized carbons (Fsp3) is 0.321. The molecule has 366 valence electrons. The summed E-state index contributed by atoms with van der Waals surface area (Å²) in [6.07, 6.45) is 8.46. The number of allylic oxidation sites excluding steroid dienone is 3. The van der Waals surface area contributed by atoms with Crippen molar-refractivity contribution in [1.29, 1.82) is 0 Å². The Labute approximate surface area is 414 Å². The molecule has 1 aliphatic rings. The van der Waals surface area contributed by atoms with E-state index in [1.807, 2.05) is 80.6 Å². The number of aromatic nitrogens is 1. The van der Waals surface area contributed by atoms with Gasteiger partial charge >= 0.3 is 0 Å². The second-order valence-corrected chi connectivity index (χ2v) is 17.9. The number of nitrogens with two attached hydrogens (primary N) is 1. The van der Waals surface area contributed by atoms with Gasteiger partial charge in [-0.15, -0.1) is 11.3 Å². The number of hydrogen-bond donors (Lipinski definition) is 3. The number of nitrogens with zero attached hydrogens (tertiary/aromatic N) is 3. The lowest BCUT2D eigenvalue weighted by molar-refractivity contribution is -0.139. The number of rotatable bonds is 25. The third-order valence-corrected chi connectivity index (χ3v) is 13.1. The molecule has 1 fully saturated rings. The van der Waals surface area contributed by atoms with Crippen LogP contribution in [0.3, 0.4) is 0 Å². The molecule has 1 unspecified atom stereocenters. The quantitative estimate of drug-likeness (QED) is 0.0221. The Morgan fingerprint density at radius 3 is 2.21 bits per heavy atom. The van der Waals surface area contributed by atoms with Gasteiger partial charge in [0.15, 0.2) is 0 Å². The van der Waals surface area contributed by atoms with Crippen molar-refractivity contribution in [3.63, 3.8) is 0 Å². The van der Waals surface area contributed by atoms with Crippen LogP contribution in [0.2, 0.25) is 0 Å². The zero-order valence-electron chi connectivity index (χ0n) is 40.2. The van der Waals surface area contributed by atoms with Crippen molar-refractivity contribution in [3.05, 3.63) is 155 Å². The molecule has 14 heteroatoms. The molecule has 0 aliphatic carbocycles. The van der Waals surface area contributed by atoms with Gasteiger partial charge in [-0.1, -0.05) is 61.2 Å². The molecule has 1 saturated heterocycles. The molecule has 0 bridgehead atoms. The number of likely N-dealkylation sites (tertiary alicyclic amines) is 1. The van der Waals surface area contributed by atoms with Crippen molar-refractivity contribution >= 4 is 68.5 Å². The van der Waals surface area contributed by atoms with Gasteiger partial charge in [0.25, 0.3) is 5.91 Å². The number of hydrogen-bond acceptors (Lipinski definition) is 11. The van der Waals surface area contributed by atoms with Crippen LogP contribution in [-0.4, -0.2) is 112 Å². The number of aliphatic imine (C=N–C) groups is 1. The van der Waals surface area contributed by atoms with Gasteiger partial charge in [-0.05, 0) is 121 Å². The molecular weight excluding hydrogens is 901 g/mol. The Morgan fingerprint density at radius 2 is 1.50 bits per heavy atom. The number of nitrogens with one attached hydrogen (secondary N) is 2. The molecule has 7 rings (SSSR count). The Hall–Kier alpha value is -6.52. The van der Waals surface area contributed by atoms with Gasteiger partial charge in [-0.25, -0.2) is 0 Å².